The van der Waals surface area contributed by atoms with Gasteiger partial charge in [0.2, 0.25) is 5.91 Å². The van der Waals surface area contributed by atoms with E-state index in [2.05, 4.69) is 5.32 Å². The van der Waals surface area contributed by atoms with Gasteiger partial charge in [0.25, 0.3) is 0 Å². The van der Waals surface area contributed by atoms with Crippen LogP contribution < -0.4 is 5.32 Å². The number of carbonyl (C=O) groups excluding carboxylic acids is 1. The lowest BCUT2D eigenvalue weighted by atomic mass is 9.91. The molecule has 1 amide bonds. The van der Waals surface area contributed by atoms with Gasteiger partial charge in [-0.05, 0) is 43.4 Å². The van der Waals surface area contributed by atoms with Gasteiger partial charge in [-0.15, -0.1) is 0 Å². The van der Waals surface area contributed by atoms with Crippen LogP contribution in [0.25, 0.3) is 0 Å². The maximum atomic E-state index is 13.0. The van der Waals surface area contributed by atoms with E-state index in [0.29, 0.717) is 5.56 Å². The lowest BCUT2D eigenvalue weighted by molar-refractivity contribution is -0.147. The molecule has 0 fully saturated rings. The summed E-state index contributed by atoms with van der Waals surface area (Å²) >= 11 is 0. The third-order valence-electron chi connectivity index (χ3n) is 3.80. The lowest BCUT2D eigenvalue weighted by Crippen LogP contribution is -2.49. The number of amides is 1. The minimum Gasteiger partial charge on any atom is -0.479 e. The van der Waals surface area contributed by atoms with Gasteiger partial charge in [0.05, 0.1) is 0 Å². The zero-order valence-corrected chi connectivity index (χ0v) is 11.8. The Hall–Kier alpha value is -2.17. The monoisotopic (exact) mass is 291 g/mol. The van der Waals surface area contributed by atoms with Crippen LogP contribution >= 0.6 is 0 Å². The molecule has 0 saturated heterocycles. The molecule has 4 nitrogen and oxygen atoms in total. The summed E-state index contributed by atoms with van der Waals surface area (Å²) in [4.78, 5) is 23.6. The Bertz CT molecular complexity index is 567. The Morgan fingerprint density at radius 3 is 2.57 bits per heavy atom. The topological polar surface area (TPSA) is 66.4 Å². The first-order chi connectivity index (χ1) is 9.91. The number of rotatable bonds is 5. The van der Waals surface area contributed by atoms with Crippen molar-refractivity contribution < 1.29 is 19.1 Å². The summed E-state index contributed by atoms with van der Waals surface area (Å²) in [6.07, 6.45) is 6.13. The number of benzene rings is 1. The molecule has 1 aromatic carbocycles. The van der Waals surface area contributed by atoms with Crippen LogP contribution in [-0.4, -0.2) is 17.0 Å². The highest BCUT2D eigenvalue weighted by Crippen LogP contribution is 2.24. The lowest BCUT2D eigenvalue weighted by Gasteiger charge is -2.27. The van der Waals surface area contributed by atoms with E-state index < -0.39 is 17.3 Å². The Balaban J connectivity index is 2.14. The second-order valence-corrected chi connectivity index (χ2v) is 5.45. The van der Waals surface area contributed by atoms with Gasteiger partial charge in [0, 0.05) is 6.42 Å². The van der Waals surface area contributed by atoms with Crippen LogP contribution in [0.1, 0.15) is 31.7 Å². The second kappa shape index (κ2) is 6.08. The van der Waals surface area contributed by atoms with Gasteiger partial charge in [-0.25, -0.2) is 9.18 Å². The number of hydrogen-bond acceptors (Lipinski definition) is 2. The molecular formula is C16H18FNO3. The Kier molecular flexibility index (Phi) is 4.40. The number of nitrogens with one attached hydrogen (secondary N) is 1. The van der Waals surface area contributed by atoms with Gasteiger partial charge in [0.15, 0.2) is 5.54 Å². The van der Waals surface area contributed by atoms with Crippen molar-refractivity contribution in [3.63, 3.8) is 0 Å². The van der Waals surface area contributed by atoms with Crippen LogP contribution in [0.15, 0.2) is 36.4 Å². The van der Waals surface area contributed by atoms with Crippen molar-refractivity contribution in [1.82, 2.24) is 5.32 Å². The van der Waals surface area contributed by atoms with Crippen molar-refractivity contribution in [3.8, 4) is 0 Å². The molecule has 2 N–H and O–H groups in total. The van der Waals surface area contributed by atoms with Gasteiger partial charge in [-0.3, -0.25) is 4.79 Å². The number of halogens is 1. The normalized spacial score (nSPS) is 20.0. The molecule has 112 valence electrons. The van der Waals surface area contributed by atoms with Crippen molar-refractivity contribution in [3.05, 3.63) is 47.8 Å². The van der Waals surface area contributed by atoms with Crippen LogP contribution in [0.2, 0.25) is 0 Å². The molecule has 0 aromatic heterocycles. The second-order valence-electron chi connectivity index (χ2n) is 5.45. The van der Waals surface area contributed by atoms with Crippen molar-refractivity contribution >= 4 is 11.9 Å². The molecule has 0 saturated carbocycles. The van der Waals surface area contributed by atoms with E-state index in [1.54, 1.807) is 0 Å². The fourth-order valence-corrected chi connectivity index (χ4v) is 2.47. The fraction of sp³-hybridized carbons (Fsp3) is 0.375. The summed E-state index contributed by atoms with van der Waals surface area (Å²) < 4.78 is 13.0. The van der Waals surface area contributed by atoms with E-state index in [9.17, 15) is 19.1 Å². The third-order valence-corrected chi connectivity index (χ3v) is 3.80. The predicted molar refractivity (Wildman–Crippen MR) is 76.0 cm³/mol. The van der Waals surface area contributed by atoms with Gasteiger partial charge in [-0.1, -0.05) is 24.3 Å². The number of allylic oxidation sites excluding steroid dienone is 2. The standard InChI is InChI=1S/C16H18FNO3/c1-16(15(20)21,12-6-8-13(17)9-7-12)18-14(19)10-11-4-2-3-5-11/h2,4,6-9,11H,3,5,10H2,1H3,(H,18,19)(H,20,21). The van der Waals surface area contributed by atoms with Crippen LogP contribution in [0.3, 0.4) is 0 Å². The Morgan fingerprint density at radius 1 is 1.38 bits per heavy atom. The van der Waals surface area contributed by atoms with Crippen LogP contribution in [0, 0.1) is 11.7 Å². The summed E-state index contributed by atoms with van der Waals surface area (Å²) in [6.45, 7) is 1.41. The smallest absolute Gasteiger partial charge is 0.333 e. The zero-order chi connectivity index (χ0) is 15.5. The highest BCUT2D eigenvalue weighted by Gasteiger charge is 2.37. The van der Waals surface area contributed by atoms with Crippen molar-refractivity contribution in [1.29, 1.82) is 0 Å². The quantitative estimate of drug-likeness (QED) is 0.819. The number of hydrogen-bond donors (Lipinski definition) is 2. The predicted octanol–water partition coefficient (Wildman–Crippen LogP) is 2.60. The maximum absolute atomic E-state index is 13.0. The van der Waals surface area contributed by atoms with Crippen molar-refractivity contribution in [2.75, 3.05) is 0 Å². The first-order valence-corrected chi connectivity index (χ1v) is 6.89. The maximum Gasteiger partial charge on any atom is 0.333 e. The van der Waals surface area contributed by atoms with Gasteiger partial charge < -0.3 is 10.4 Å². The minimum absolute atomic E-state index is 0.163. The molecule has 0 heterocycles. The van der Waals surface area contributed by atoms with Gasteiger partial charge in [0.1, 0.15) is 5.82 Å². The molecule has 0 spiro atoms. The van der Waals surface area contributed by atoms with Crippen molar-refractivity contribution in [2.45, 2.75) is 31.7 Å². The molecule has 0 bridgehead atoms. The SMILES string of the molecule is CC(NC(=O)CC1C=CCC1)(C(=O)O)c1ccc(F)cc1. The molecule has 0 aliphatic heterocycles. The fourth-order valence-electron chi connectivity index (χ4n) is 2.47. The highest BCUT2D eigenvalue weighted by molar-refractivity contribution is 5.88. The third kappa shape index (κ3) is 3.48. The number of carboxylic acid groups (broad SMARTS) is 1. The van der Waals surface area contributed by atoms with E-state index >= 15 is 0 Å². The number of aliphatic carboxylic acids is 1. The van der Waals surface area contributed by atoms with Gasteiger partial charge >= 0.3 is 5.97 Å². The molecular weight excluding hydrogens is 273 g/mol. The average molecular weight is 291 g/mol. The molecule has 5 heteroatoms. The summed E-state index contributed by atoms with van der Waals surface area (Å²) in [5.41, 5.74) is -1.22. The molecule has 0 radical (unpaired) electrons. The Labute approximate surface area is 122 Å². The van der Waals surface area contributed by atoms with E-state index in [0.717, 1.165) is 12.8 Å². The first kappa shape index (κ1) is 15.2. The van der Waals surface area contributed by atoms with E-state index in [4.69, 9.17) is 0 Å². The summed E-state index contributed by atoms with van der Waals surface area (Å²) in [6, 6.07) is 5.11. The highest BCUT2D eigenvalue weighted by atomic mass is 19.1. The largest absolute Gasteiger partial charge is 0.479 e. The summed E-state index contributed by atoms with van der Waals surface area (Å²) in [5.74, 6) is -1.78. The molecule has 1 aliphatic rings. The molecule has 21 heavy (non-hydrogen) atoms. The molecule has 2 rings (SSSR count). The zero-order valence-electron chi connectivity index (χ0n) is 11.8. The summed E-state index contributed by atoms with van der Waals surface area (Å²) in [7, 11) is 0. The van der Waals surface area contributed by atoms with E-state index in [1.165, 1.54) is 31.2 Å². The number of carboxylic acids is 1. The van der Waals surface area contributed by atoms with Crippen LogP contribution in [-0.2, 0) is 15.1 Å². The summed E-state index contributed by atoms with van der Waals surface area (Å²) in [5, 5.41) is 12.0. The average Bonchev–Trinajstić information content (AvgIpc) is 2.91. The molecule has 2 atom stereocenters. The Morgan fingerprint density at radius 2 is 2.05 bits per heavy atom. The molecule has 2 unspecified atom stereocenters. The van der Waals surface area contributed by atoms with Crippen molar-refractivity contribution in [2.24, 2.45) is 5.92 Å². The first-order valence-electron chi connectivity index (χ1n) is 6.89. The van der Waals surface area contributed by atoms with Gasteiger partial charge in [-0.2, -0.15) is 0 Å². The van der Waals surface area contributed by atoms with Crippen LogP contribution in [0.4, 0.5) is 4.39 Å². The van der Waals surface area contributed by atoms with E-state index in [1.807, 2.05) is 12.2 Å². The molecule has 1 aliphatic carbocycles. The van der Waals surface area contributed by atoms with Crippen LogP contribution in [0.5, 0.6) is 0 Å². The van der Waals surface area contributed by atoms with E-state index in [-0.39, 0.29) is 18.2 Å². The molecule has 1 aromatic rings. The number of carbonyl (C=O) groups is 2. The minimum atomic E-state index is -1.56.